The van der Waals surface area contributed by atoms with E-state index >= 15 is 0 Å². The fourth-order valence-corrected chi connectivity index (χ4v) is 2.40. The number of para-hydroxylation sites is 1. The molecule has 2 aromatic rings. The third-order valence-corrected chi connectivity index (χ3v) is 3.69. The first-order chi connectivity index (χ1) is 9.27. The Morgan fingerprint density at radius 1 is 1.00 bits per heavy atom. The molecule has 0 heterocycles. The third-order valence-electron chi connectivity index (χ3n) is 3.05. The summed E-state index contributed by atoms with van der Waals surface area (Å²) in [6, 6.07) is 16.2. The number of aromatic hydroxyl groups is 1. The maximum atomic E-state index is 9.85. The fourth-order valence-electron chi connectivity index (χ4n) is 1.99. The Morgan fingerprint density at radius 3 is 2.58 bits per heavy atom. The van der Waals surface area contributed by atoms with E-state index in [2.05, 4.69) is 45.5 Å². The summed E-state index contributed by atoms with van der Waals surface area (Å²) in [4.78, 5) is 0. The smallest absolute Gasteiger partial charge is 0.134 e. The summed E-state index contributed by atoms with van der Waals surface area (Å²) in [5.74, 6) is 0.332. The number of phenolic OH excluding ortho intramolecular Hbond substituents is 1. The second kappa shape index (κ2) is 7.31. The van der Waals surface area contributed by atoms with Crippen LogP contribution in [0.4, 0.5) is 0 Å². The monoisotopic (exact) mass is 319 g/mol. The first-order valence-electron chi connectivity index (χ1n) is 6.48. The van der Waals surface area contributed by atoms with Crippen LogP contribution in [-0.4, -0.2) is 11.7 Å². The lowest BCUT2D eigenvalue weighted by Gasteiger charge is -2.08. The number of phenols is 1. The van der Waals surface area contributed by atoms with Crippen molar-refractivity contribution < 1.29 is 5.11 Å². The summed E-state index contributed by atoms with van der Waals surface area (Å²) in [5.41, 5.74) is 2.30. The Balaban J connectivity index is 1.71. The molecular weight excluding hydrogens is 302 g/mol. The van der Waals surface area contributed by atoms with Gasteiger partial charge in [-0.05, 0) is 46.9 Å². The van der Waals surface area contributed by atoms with Crippen LogP contribution in [0.15, 0.2) is 53.0 Å². The number of hydrogen-bond donors (Lipinski definition) is 2. The van der Waals surface area contributed by atoms with Crippen molar-refractivity contribution in [2.24, 2.45) is 0 Å². The number of benzene rings is 2. The van der Waals surface area contributed by atoms with Gasteiger partial charge in [0.05, 0.1) is 4.47 Å². The highest BCUT2D eigenvalue weighted by Gasteiger charge is 2.03. The molecule has 0 fully saturated rings. The maximum Gasteiger partial charge on any atom is 0.134 e. The highest BCUT2D eigenvalue weighted by molar-refractivity contribution is 9.10. The molecule has 0 aliphatic carbocycles. The van der Waals surface area contributed by atoms with Crippen LogP contribution in [-0.2, 0) is 13.0 Å². The van der Waals surface area contributed by atoms with Crippen LogP contribution in [0.25, 0.3) is 0 Å². The first kappa shape index (κ1) is 14.1. The van der Waals surface area contributed by atoms with Gasteiger partial charge in [0, 0.05) is 12.1 Å². The van der Waals surface area contributed by atoms with E-state index in [4.69, 9.17) is 0 Å². The van der Waals surface area contributed by atoms with Gasteiger partial charge in [0.1, 0.15) is 5.75 Å². The van der Waals surface area contributed by atoms with E-state index in [9.17, 15) is 5.11 Å². The van der Waals surface area contributed by atoms with Crippen molar-refractivity contribution >= 4 is 15.9 Å². The molecule has 0 aromatic heterocycles. The molecule has 0 saturated carbocycles. The predicted molar refractivity (Wildman–Crippen MR) is 82.3 cm³/mol. The molecule has 0 saturated heterocycles. The van der Waals surface area contributed by atoms with Crippen molar-refractivity contribution in [3.8, 4) is 5.75 Å². The molecular formula is C16H18BrNO. The molecule has 0 unspecified atom stereocenters. The molecule has 2 nitrogen and oxygen atoms in total. The van der Waals surface area contributed by atoms with Gasteiger partial charge >= 0.3 is 0 Å². The van der Waals surface area contributed by atoms with Gasteiger partial charge in [-0.15, -0.1) is 0 Å². The highest BCUT2D eigenvalue weighted by Crippen LogP contribution is 2.27. The Hall–Kier alpha value is -1.32. The largest absolute Gasteiger partial charge is 0.506 e. The van der Waals surface area contributed by atoms with E-state index in [0.29, 0.717) is 12.3 Å². The fraction of sp³-hybridized carbons (Fsp3) is 0.250. The van der Waals surface area contributed by atoms with Gasteiger partial charge in [0.25, 0.3) is 0 Å². The normalized spacial score (nSPS) is 10.6. The zero-order chi connectivity index (χ0) is 13.5. The van der Waals surface area contributed by atoms with Gasteiger partial charge in [-0.1, -0.05) is 42.5 Å². The number of halogens is 1. The molecule has 100 valence electrons. The number of aryl methyl sites for hydroxylation is 1. The maximum absolute atomic E-state index is 9.85. The SMILES string of the molecule is Oc1c(Br)cccc1CNCCCc1ccccc1. The van der Waals surface area contributed by atoms with Crippen LogP contribution in [0, 0.1) is 0 Å². The quantitative estimate of drug-likeness (QED) is 0.792. The summed E-state index contributed by atoms with van der Waals surface area (Å²) in [5, 5.41) is 13.2. The van der Waals surface area contributed by atoms with Crippen molar-refractivity contribution in [1.29, 1.82) is 0 Å². The van der Waals surface area contributed by atoms with Crippen LogP contribution < -0.4 is 5.32 Å². The van der Waals surface area contributed by atoms with E-state index in [0.717, 1.165) is 29.4 Å². The van der Waals surface area contributed by atoms with Crippen molar-refractivity contribution in [2.75, 3.05) is 6.54 Å². The van der Waals surface area contributed by atoms with Gasteiger partial charge in [0.15, 0.2) is 0 Å². The van der Waals surface area contributed by atoms with Gasteiger partial charge in [-0.25, -0.2) is 0 Å². The van der Waals surface area contributed by atoms with Crippen molar-refractivity contribution in [2.45, 2.75) is 19.4 Å². The lowest BCUT2D eigenvalue weighted by molar-refractivity contribution is 0.461. The third kappa shape index (κ3) is 4.37. The molecule has 0 bridgehead atoms. The number of nitrogens with one attached hydrogen (secondary N) is 1. The average molecular weight is 320 g/mol. The van der Waals surface area contributed by atoms with E-state index in [-0.39, 0.29) is 0 Å². The molecule has 0 spiro atoms. The minimum atomic E-state index is 0.332. The van der Waals surface area contributed by atoms with E-state index < -0.39 is 0 Å². The van der Waals surface area contributed by atoms with Crippen molar-refractivity contribution in [1.82, 2.24) is 5.32 Å². The number of rotatable bonds is 6. The molecule has 0 atom stereocenters. The van der Waals surface area contributed by atoms with Crippen LogP contribution in [0.5, 0.6) is 5.75 Å². The minimum absolute atomic E-state index is 0.332. The predicted octanol–water partition coefficient (Wildman–Crippen LogP) is 3.88. The van der Waals surface area contributed by atoms with Crippen LogP contribution in [0.2, 0.25) is 0 Å². The first-order valence-corrected chi connectivity index (χ1v) is 7.27. The van der Waals surface area contributed by atoms with Crippen LogP contribution >= 0.6 is 15.9 Å². The van der Waals surface area contributed by atoms with Crippen molar-refractivity contribution in [3.63, 3.8) is 0 Å². The van der Waals surface area contributed by atoms with Gasteiger partial charge < -0.3 is 10.4 Å². The molecule has 19 heavy (non-hydrogen) atoms. The lowest BCUT2D eigenvalue weighted by Crippen LogP contribution is -2.15. The lowest BCUT2D eigenvalue weighted by atomic mass is 10.1. The van der Waals surface area contributed by atoms with Crippen LogP contribution in [0.3, 0.4) is 0 Å². The highest BCUT2D eigenvalue weighted by atomic mass is 79.9. The second-order valence-electron chi connectivity index (χ2n) is 4.51. The topological polar surface area (TPSA) is 32.3 Å². The molecule has 0 amide bonds. The summed E-state index contributed by atoms with van der Waals surface area (Å²) in [6.07, 6.45) is 2.18. The van der Waals surface area contributed by atoms with Gasteiger partial charge in [0.2, 0.25) is 0 Å². The van der Waals surface area contributed by atoms with Crippen LogP contribution in [0.1, 0.15) is 17.5 Å². The van der Waals surface area contributed by atoms with E-state index in [1.807, 2.05) is 24.3 Å². The molecule has 2 rings (SSSR count). The number of hydrogen-bond acceptors (Lipinski definition) is 2. The molecule has 0 aliphatic rings. The summed E-state index contributed by atoms with van der Waals surface area (Å²) < 4.78 is 0.746. The summed E-state index contributed by atoms with van der Waals surface area (Å²) in [6.45, 7) is 1.64. The summed E-state index contributed by atoms with van der Waals surface area (Å²) >= 11 is 3.32. The Labute approximate surface area is 122 Å². The zero-order valence-electron chi connectivity index (χ0n) is 10.8. The standard InChI is InChI=1S/C16H18BrNO/c17-15-10-4-9-14(16(15)19)12-18-11-5-8-13-6-2-1-3-7-13/h1-4,6-7,9-10,18-19H,5,8,11-12H2. The van der Waals surface area contributed by atoms with Gasteiger partial charge in [-0.2, -0.15) is 0 Å². The Bertz CT molecular complexity index is 513. The molecule has 2 N–H and O–H groups in total. The minimum Gasteiger partial charge on any atom is -0.506 e. The zero-order valence-corrected chi connectivity index (χ0v) is 12.4. The Kier molecular flexibility index (Phi) is 5.43. The molecule has 0 aliphatic heterocycles. The average Bonchev–Trinajstić information content (AvgIpc) is 2.44. The van der Waals surface area contributed by atoms with E-state index in [1.165, 1.54) is 5.56 Å². The molecule has 0 radical (unpaired) electrons. The van der Waals surface area contributed by atoms with Gasteiger partial charge in [-0.3, -0.25) is 0 Å². The second-order valence-corrected chi connectivity index (χ2v) is 5.37. The molecule has 2 aromatic carbocycles. The Morgan fingerprint density at radius 2 is 1.79 bits per heavy atom. The molecule has 3 heteroatoms. The van der Waals surface area contributed by atoms with E-state index in [1.54, 1.807) is 0 Å². The van der Waals surface area contributed by atoms with Crippen molar-refractivity contribution in [3.05, 3.63) is 64.1 Å². The summed E-state index contributed by atoms with van der Waals surface area (Å²) in [7, 11) is 0.